The number of anilines is 1. The summed E-state index contributed by atoms with van der Waals surface area (Å²) in [7, 11) is 0. The first kappa shape index (κ1) is 19.8. The van der Waals surface area contributed by atoms with Crippen LogP contribution in [0, 0.1) is 0 Å². The van der Waals surface area contributed by atoms with Crippen molar-refractivity contribution in [3.63, 3.8) is 0 Å². The van der Waals surface area contributed by atoms with E-state index in [-0.39, 0.29) is 11.5 Å². The van der Waals surface area contributed by atoms with Gasteiger partial charge in [0.25, 0.3) is 5.91 Å². The van der Waals surface area contributed by atoms with Crippen molar-refractivity contribution >= 4 is 62.5 Å². The van der Waals surface area contributed by atoms with E-state index in [1.165, 1.54) is 28.8 Å². The average Bonchev–Trinajstić information content (AvgIpc) is 3.29. The van der Waals surface area contributed by atoms with E-state index in [2.05, 4.69) is 11.1 Å². The Bertz CT molecular complexity index is 1060. The van der Waals surface area contributed by atoms with Crippen LogP contribution in [0.4, 0.5) is 5.69 Å². The molecule has 4 rings (SSSR count). The molecule has 0 spiro atoms. The van der Waals surface area contributed by atoms with Gasteiger partial charge in [-0.15, -0.1) is 0 Å². The molecule has 5 nitrogen and oxygen atoms in total. The lowest BCUT2D eigenvalue weighted by Gasteiger charge is -2.17. The zero-order valence-corrected chi connectivity index (χ0v) is 17.8. The summed E-state index contributed by atoms with van der Waals surface area (Å²) < 4.78 is 0.436. The minimum atomic E-state index is -1.01. The van der Waals surface area contributed by atoms with Crippen LogP contribution >= 0.6 is 35.7 Å². The summed E-state index contributed by atoms with van der Waals surface area (Å²) >= 11 is 8.31. The predicted molar refractivity (Wildman–Crippen MR) is 122 cm³/mol. The van der Waals surface area contributed by atoms with Crippen LogP contribution in [0.2, 0.25) is 0 Å². The molecule has 2 aromatic rings. The second kappa shape index (κ2) is 8.06. The molecule has 8 heteroatoms. The fraction of sp³-hybridized carbons (Fsp3) is 0.0952. The molecule has 1 saturated heterocycles. The lowest BCUT2D eigenvalue weighted by atomic mass is 10.2. The van der Waals surface area contributed by atoms with Gasteiger partial charge in [-0.2, -0.15) is 0 Å². The van der Waals surface area contributed by atoms with Crippen LogP contribution in [0.5, 0.6) is 0 Å². The second-order valence-corrected chi connectivity index (χ2v) is 8.92. The van der Waals surface area contributed by atoms with E-state index < -0.39 is 5.97 Å². The number of benzene rings is 2. The molecular formula is C21H16N2O3S3. The maximum atomic E-state index is 13.2. The summed E-state index contributed by atoms with van der Waals surface area (Å²) in [5.41, 5.74) is 1.83. The molecule has 0 atom stereocenters. The van der Waals surface area contributed by atoms with Crippen LogP contribution in [-0.2, 0) is 4.79 Å². The number of carbonyl (C=O) groups is 2. The molecular weight excluding hydrogens is 424 g/mol. The number of thioether (sulfide) groups is 2. The van der Waals surface area contributed by atoms with E-state index in [4.69, 9.17) is 17.3 Å². The lowest BCUT2D eigenvalue weighted by molar-refractivity contribution is -0.113. The number of hydrogen-bond donors (Lipinski definition) is 1. The van der Waals surface area contributed by atoms with E-state index in [0.29, 0.717) is 14.9 Å². The molecule has 2 aromatic carbocycles. The molecule has 2 aliphatic heterocycles. The number of carbonyl (C=O) groups excluding carboxylic acids is 1. The molecule has 0 unspecified atom stereocenters. The normalized spacial score (nSPS) is 19.1. The molecule has 0 aliphatic carbocycles. The average molecular weight is 441 g/mol. The highest BCUT2D eigenvalue weighted by atomic mass is 32.2. The molecule has 146 valence electrons. The lowest BCUT2D eigenvalue weighted by Crippen LogP contribution is -2.28. The maximum Gasteiger partial charge on any atom is 0.335 e. The summed E-state index contributed by atoms with van der Waals surface area (Å²) in [5, 5.41) is 9.94. The third kappa shape index (κ3) is 3.71. The number of aromatic carboxylic acids is 1. The van der Waals surface area contributed by atoms with Crippen LogP contribution in [0.1, 0.15) is 22.8 Å². The van der Waals surface area contributed by atoms with Gasteiger partial charge >= 0.3 is 5.97 Å². The van der Waals surface area contributed by atoms with E-state index in [9.17, 15) is 9.59 Å². The monoisotopic (exact) mass is 440 g/mol. The molecule has 0 bridgehead atoms. The van der Waals surface area contributed by atoms with Crippen molar-refractivity contribution in [3.05, 3.63) is 81.9 Å². The second-order valence-electron chi connectivity index (χ2n) is 6.24. The Kier molecular flexibility index (Phi) is 5.49. The van der Waals surface area contributed by atoms with Crippen molar-refractivity contribution < 1.29 is 14.7 Å². The van der Waals surface area contributed by atoms with Crippen molar-refractivity contribution in [3.8, 4) is 0 Å². The molecule has 0 saturated carbocycles. The summed E-state index contributed by atoms with van der Waals surface area (Å²) in [6.07, 6.45) is 2.06. The van der Waals surface area contributed by atoms with Crippen LogP contribution in [0.25, 0.3) is 4.91 Å². The fourth-order valence-corrected chi connectivity index (χ4v) is 5.66. The zero-order valence-electron chi connectivity index (χ0n) is 15.4. The Balaban J connectivity index is 1.65. The number of amides is 1. The van der Waals surface area contributed by atoms with Crippen LogP contribution in [0.15, 0.2) is 70.7 Å². The molecule has 1 fully saturated rings. The summed E-state index contributed by atoms with van der Waals surface area (Å²) in [6, 6.07) is 16.2. The van der Waals surface area contributed by atoms with E-state index in [1.54, 1.807) is 23.9 Å². The number of nitrogens with zero attached hydrogens (tertiary/aromatic N) is 2. The van der Waals surface area contributed by atoms with E-state index in [1.807, 2.05) is 37.3 Å². The van der Waals surface area contributed by atoms with Crippen molar-refractivity contribution in [1.29, 1.82) is 0 Å². The first-order chi connectivity index (χ1) is 14.0. The number of rotatable bonds is 4. The van der Waals surface area contributed by atoms with Gasteiger partial charge in [-0.3, -0.25) is 9.69 Å². The quantitative estimate of drug-likeness (QED) is 0.531. The van der Waals surface area contributed by atoms with Gasteiger partial charge in [-0.1, -0.05) is 66.1 Å². The van der Waals surface area contributed by atoms with Gasteiger partial charge in [0.1, 0.15) is 4.91 Å². The molecule has 29 heavy (non-hydrogen) atoms. The highest BCUT2D eigenvalue weighted by Gasteiger charge is 2.38. The molecule has 1 N–H and O–H groups in total. The number of hydrogen-bond acceptors (Lipinski definition) is 6. The van der Waals surface area contributed by atoms with Crippen molar-refractivity contribution in [1.82, 2.24) is 4.90 Å². The standard InChI is InChI=1S/C21H16N2O3S3/c1-2-22-12-16(13-6-4-3-5-7-13)28-19(22)17-18(24)23(21(27)29-17)15-10-8-14(9-11-15)20(25)26/h3-12H,2H2,1H3,(H,25,26). The molecule has 2 heterocycles. The zero-order chi connectivity index (χ0) is 20.5. The minimum absolute atomic E-state index is 0.165. The SMILES string of the molecule is CCN1C=C(c2ccccc2)SC1=C1SC(=S)N(c2ccc(C(=O)O)cc2)C1=O. The van der Waals surface area contributed by atoms with Crippen LogP contribution in [-0.4, -0.2) is 32.7 Å². The first-order valence-electron chi connectivity index (χ1n) is 8.85. The molecule has 0 aromatic heterocycles. The predicted octanol–water partition coefficient (Wildman–Crippen LogP) is 4.99. The molecule has 0 radical (unpaired) electrons. The molecule has 2 aliphatic rings. The Morgan fingerprint density at radius 1 is 1.07 bits per heavy atom. The number of carboxylic acids is 1. The van der Waals surface area contributed by atoms with Gasteiger partial charge in [0, 0.05) is 17.6 Å². The Hall–Kier alpha value is -2.55. The van der Waals surface area contributed by atoms with Crippen molar-refractivity contribution in [2.45, 2.75) is 6.92 Å². The number of carboxylic acid groups (broad SMARTS) is 1. The summed E-state index contributed by atoms with van der Waals surface area (Å²) in [5.74, 6) is -1.20. The Morgan fingerprint density at radius 3 is 2.38 bits per heavy atom. The summed E-state index contributed by atoms with van der Waals surface area (Å²) in [4.78, 5) is 29.5. The van der Waals surface area contributed by atoms with Gasteiger partial charge in [-0.05, 0) is 36.8 Å². The van der Waals surface area contributed by atoms with Crippen LogP contribution < -0.4 is 4.90 Å². The highest BCUT2D eigenvalue weighted by molar-refractivity contribution is 8.28. The smallest absolute Gasteiger partial charge is 0.335 e. The van der Waals surface area contributed by atoms with Crippen molar-refractivity contribution in [2.24, 2.45) is 0 Å². The van der Waals surface area contributed by atoms with Gasteiger partial charge in [0.2, 0.25) is 0 Å². The third-order valence-corrected chi connectivity index (χ3v) is 7.16. The largest absolute Gasteiger partial charge is 0.478 e. The third-order valence-electron chi connectivity index (χ3n) is 4.48. The first-order valence-corrected chi connectivity index (χ1v) is 10.9. The van der Waals surface area contributed by atoms with Crippen LogP contribution in [0.3, 0.4) is 0 Å². The highest BCUT2D eigenvalue weighted by Crippen LogP contribution is 2.48. The minimum Gasteiger partial charge on any atom is -0.478 e. The van der Waals surface area contributed by atoms with Gasteiger partial charge in [0.05, 0.1) is 16.3 Å². The van der Waals surface area contributed by atoms with Gasteiger partial charge in [-0.25, -0.2) is 4.79 Å². The summed E-state index contributed by atoms with van der Waals surface area (Å²) in [6.45, 7) is 2.77. The van der Waals surface area contributed by atoms with E-state index in [0.717, 1.165) is 22.0 Å². The Labute approximate surface area is 182 Å². The Morgan fingerprint density at radius 2 is 1.76 bits per heavy atom. The fourth-order valence-electron chi connectivity index (χ4n) is 3.01. The van der Waals surface area contributed by atoms with E-state index >= 15 is 0 Å². The topological polar surface area (TPSA) is 60.9 Å². The van der Waals surface area contributed by atoms with Gasteiger partial charge < -0.3 is 10.0 Å². The van der Waals surface area contributed by atoms with Crippen molar-refractivity contribution in [2.75, 3.05) is 11.4 Å². The van der Waals surface area contributed by atoms with Gasteiger partial charge in [0.15, 0.2) is 4.32 Å². The molecule has 1 amide bonds. The number of thiocarbonyl (C=S) groups is 1. The maximum absolute atomic E-state index is 13.2.